The van der Waals surface area contributed by atoms with Gasteiger partial charge in [0.1, 0.15) is 0 Å². The monoisotopic (exact) mass is 286 g/mol. The number of rotatable bonds is 1. The molecule has 0 radical (unpaired) electrons. The van der Waals surface area contributed by atoms with Crippen molar-refractivity contribution in [3.05, 3.63) is 11.4 Å². The Balaban J connectivity index is 2.47. The lowest BCUT2D eigenvalue weighted by Gasteiger charge is -2.18. The summed E-state index contributed by atoms with van der Waals surface area (Å²) in [4.78, 5) is 4.38. The van der Waals surface area contributed by atoms with Crippen LogP contribution in [0.2, 0.25) is 0 Å². The number of hydrogen-bond acceptors (Lipinski definition) is 4. The molecule has 0 aliphatic carbocycles. The number of halogens is 6. The third-order valence-electron chi connectivity index (χ3n) is 2.60. The van der Waals surface area contributed by atoms with Gasteiger partial charge in [0.15, 0.2) is 11.4 Å². The van der Waals surface area contributed by atoms with Gasteiger partial charge in [0, 0.05) is 13.1 Å². The highest BCUT2D eigenvalue weighted by atomic mass is 19.4. The highest BCUT2D eigenvalue weighted by molar-refractivity contribution is 5.33. The van der Waals surface area contributed by atoms with Crippen LogP contribution >= 0.6 is 0 Å². The Bertz CT molecular complexity index is 463. The average molecular weight is 286 g/mol. The van der Waals surface area contributed by atoms with Crippen molar-refractivity contribution >= 4 is 5.95 Å². The normalized spacial score (nSPS) is 17.1. The molecular formula is C9H8F6N4. The van der Waals surface area contributed by atoms with E-state index in [1.54, 1.807) is 0 Å². The number of nitrogens with zero attached hydrogens (tertiary/aromatic N) is 4. The van der Waals surface area contributed by atoms with Crippen LogP contribution in [-0.2, 0) is 12.4 Å². The Hall–Kier alpha value is -1.61. The van der Waals surface area contributed by atoms with Crippen LogP contribution in [0.5, 0.6) is 0 Å². The minimum atomic E-state index is -5.24. The zero-order valence-electron chi connectivity index (χ0n) is 9.39. The maximum Gasteiger partial charge on any atom is 0.437 e. The summed E-state index contributed by atoms with van der Waals surface area (Å²) in [5, 5.41) is 5.81. The standard InChI is InChI=1S/C9H8F6N4/c10-8(11,12)5-6(9(13,14)15)17-18-7(16-5)19-3-1-2-4-19/h1-4H2. The van der Waals surface area contributed by atoms with E-state index in [1.807, 2.05) is 0 Å². The van der Waals surface area contributed by atoms with E-state index in [1.165, 1.54) is 4.90 Å². The van der Waals surface area contributed by atoms with Crippen LogP contribution in [0.15, 0.2) is 0 Å². The van der Waals surface area contributed by atoms with E-state index in [-0.39, 0.29) is 0 Å². The minimum Gasteiger partial charge on any atom is -0.340 e. The second-order valence-electron chi connectivity index (χ2n) is 4.00. The van der Waals surface area contributed by atoms with Gasteiger partial charge in [0.2, 0.25) is 5.95 Å². The highest BCUT2D eigenvalue weighted by Crippen LogP contribution is 2.38. The zero-order chi connectivity index (χ0) is 14.3. The molecule has 10 heteroatoms. The van der Waals surface area contributed by atoms with Crippen molar-refractivity contribution in [1.82, 2.24) is 15.2 Å². The van der Waals surface area contributed by atoms with Gasteiger partial charge in [-0.2, -0.15) is 26.3 Å². The SMILES string of the molecule is FC(F)(F)c1nnc(N2CCCC2)nc1C(F)(F)F. The molecule has 0 spiro atoms. The van der Waals surface area contributed by atoms with Crippen LogP contribution in [0, 0.1) is 0 Å². The molecule has 1 aromatic heterocycles. The van der Waals surface area contributed by atoms with Crippen LogP contribution in [0.4, 0.5) is 32.3 Å². The number of hydrogen-bond donors (Lipinski definition) is 0. The summed E-state index contributed by atoms with van der Waals surface area (Å²) in [6.45, 7) is 0.814. The highest BCUT2D eigenvalue weighted by Gasteiger charge is 2.47. The Morgan fingerprint density at radius 1 is 0.789 bits per heavy atom. The summed E-state index contributed by atoms with van der Waals surface area (Å²) in [5.74, 6) is -0.419. The van der Waals surface area contributed by atoms with Gasteiger partial charge >= 0.3 is 12.4 Å². The summed E-state index contributed by atoms with van der Waals surface area (Å²) in [6.07, 6.45) is -9.01. The molecule has 106 valence electrons. The van der Waals surface area contributed by atoms with Gasteiger partial charge in [-0.05, 0) is 12.8 Å². The predicted octanol–water partition coefficient (Wildman–Crippen LogP) is 2.51. The molecule has 19 heavy (non-hydrogen) atoms. The molecule has 0 amide bonds. The molecule has 0 atom stereocenters. The van der Waals surface area contributed by atoms with E-state index in [9.17, 15) is 26.3 Å². The van der Waals surface area contributed by atoms with E-state index in [0.717, 1.165) is 12.8 Å². The Labute approximate surface area is 103 Å². The lowest BCUT2D eigenvalue weighted by molar-refractivity contribution is -0.168. The van der Waals surface area contributed by atoms with Crippen LogP contribution in [0.25, 0.3) is 0 Å². The molecule has 1 aromatic rings. The van der Waals surface area contributed by atoms with Gasteiger partial charge in [-0.25, -0.2) is 4.98 Å². The summed E-state index contributed by atoms with van der Waals surface area (Å²) >= 11 is 0. The minimum absolute atomic E-state index is 0.407. The quantitative estimate of drug-likeness (QED) is 0.744. The maximum absolute atomic E-state index is 12.6. The van der Waals surface area contributed by atoms with Crippen LogP contribution in [0.3, 0.4) is 0 Å². The molecule has 4 nitrogen and oxygen atoms in total. The summed E-state index contributed by atoms with van der Waals surface area (Å²) < 4.78 is 75.1. The summed E-state index contributed by atoms with van der Waals surface area (Å²) in [5.41, 5.74) is -4.15. The van der Waals surface area contributed by atoms with Gasteiger partial charge in [-0.3, -0.25) is 0 Å². The molecule has 0 aromatic carbocycles. The largest absolute Gasteiger partial charge is 0.437 e. The van der Waals surface area contributed by atoms with Gasteiger partial charge in [0.05, 0.1) is 0 Å². The first-order valence-electron chi connectivity index (χ1n) is 5.33. The number of anilines is 1. The molecule has 0 bridgehead atoms. The smallest absolute Gasteiger partial charge is 0.340 e. The first-order chi connectivity index (χ1) is 8.69. The van der Waals surface area contributed by atoms with Gasteiger partial charge in [0.25, 0.3) is 0 Å². The third-order valence-corrected chi connectivity index (χ3v) is 2.60. The summed E-state index contributed by atoms with van der Waals surface area (Å²) in [7, 11) is 0. The van der Waals surface area contributed by atoms with Gasteiger partial charge in [-0.15, -0.1) is 10.2 Å². The molecule has 0 N–H and O–H groups in total. The second-order valence-corrected chi connectivity index (χ2v) is 4.00. The lowest BCUT2D eigenvalue weighted by Crippen LogP contribution is -2.27. The first kappa shape index (κ1) is 13.8. The molecule has 0 saturated carbocycles. The zero-order valence-corrected chi connectivity index (χ0v) is 9.39. The third kappa shape index (κ3) is 2.87. The van der Waals surface area contributed by atoms with Crippen molar-refractivity contribution in [2.75, 3.05) is 18.0 Å². The molecule has 0 unspecified atom stereocenters. The van der Waals surface area contributed by atoms with Crippen molar-refractivity contribution in [1.29, 1.82) is 0 Å². The van der Waals surface area contributed by atoms with E-state index < -0.39 is 29.7 Å². The van der Waals surface area contributed by atoms with Crippen molar-refractivity contribution < 1.29 is 26.3 Å². The predicted molar refractivity (Wildman–Crippen MR) is 51.3 cm³/mol. The van der Waals surface area contributed by atoms with Crippen molar-refractivity contribution in [3.8, 4) is 0 Å². The Kier molecular flexibility index (Phi) is 3.27. The van der Waals surface area contributed by atoms with E-state index in [2.05, 4.69) is 15.2 Å². The van der Waals surface area contributed by atoms with Crippen molar-refractivity contribution in [3.63, 3.8) is 0 Å². The Morgan fingerprint density at radius 3 is 1.79 bits per heavy atom. The molecular weight excluding hydrogens is 278 g/mol. The average Bonchev–Trinajstić information content (AvgIpc) is 2.79. The fourth-order valence-corrected chi connectivity index (χ4v) is 1.76. The van der Waals surface area contributed by atoms with Gasteiger partial charge < -0.3 is 4.90 Å². The molecule has 1 aliphatic heterocycles. The fourth-order valence-electron chi connectivity index (χ4n) is 1.76. The molecule has 1 saturated heterocycles. The second kappa shape index (κ2) is 4.49. The molecule has 2 heterocycles. The van der Waals surface area contributed by atoms with Crippen molar-refractivity contribution in [2.24, 2.45) is 0 Å². The topological polar surface area (TPSA) is 41.9 Å². The van der Waals surface area contributed by atoms with Crippen LogP contribution in [-0.4, -0.2) is 28.3 Å². The van der Waals surface area contributed by atoms with E-state index in [4.69, 9.17) is 0 Å². The summed E-state index contributed by atoms with van der Waals surface area (Å²) in [6, 6.07) is 0. The van der Waals surface area contributed by atoms with Crippen LogP contribution < -0.4 is 4.90 Å². The first-order valence-corrected chi connectivity index (χ1v) is 5.33. The molecule has 1 aliphatic rings. The number of alkyl halides is 6. The number of aromatic nitrogens is 3. The Morgan fingerprint density at radius 2 is 1.32 bits per heavy atom. The van der Waals surface area contributed by atoms with Crippen LogP contribution in [0.1, 0.15) is 24.2 Å². The molecule has 1 fully saturated rings. The van der Waals surface area contributed by atoms with E-state index in [0.29, 0.717) is 13.1 Å². The fraction of sp³-hybridized carbons (Fsp3) is 0.667. The maximum atomic E-state index is 12.6. The molecule has 2 rings (SSSR count). The lowest BCUT2D eigenvalue weighted by atomic mass is 10.3. The van der Waals surface area contributed by atoms with Crippen molar-refractivity contribution in [2.45, 2.75) is 25.2 Å². The van der Waals surface area contributed by atoms with Gasteiger partial charge in [-0.1, -0.05) is 0 Å². The van der Waals surface area contributed by atoms with E-state index >= 15 is 0 Å².